The fraction of sp³-hybridized carbons (Fsp3) is 0.444. The summed E-state index contributed by atoms with van der Waals surface area (Å²) >= 11 is 0. The zero-order chi connectivity index (χ0) is 18.0. The van der Waals surface area contributed by atoms with Crippen LogP contribution in [0.3, 0.4) is 0 Å². The Bertz CT molecular complexity index is 784. The van der Waals surface area contributed by atoms with Gasteiger partial charge < -0.3 is 14.4 Å². The van der Waals surface area contributed by atoms with Crippen molar-refractivity contribution in [2.45, 2.75) is 20.3 Å². The fourth-order valence-corrected chi connectivity index (χ4v) is 3.14. The van der Waals surface area contributed by atoms with E-state index in [1.807, 2.05) is 36.4 Å². The van der Waals surface area contributed by atoms with E-state index in [1.165, 1.54) is 12.4 Å². The Morgan fingerprint density at radius 2 is 1.68 bits per heavy atom. The first-order valence-corrected chi connectivity index (χ1v) is 8.46. The molecule has 1 aliphatic rings. The van der Waals surface area contributed by atoms with E-state index >= 15 is 0 Å². The smallest absolute Gasteiger partial charge is 0.274 e. The first-order valence-electron chi connectivity index (χ1n) is 8.46. The van der Waals surface area contributed by atoms with Gasteiger partial charge in [0.2, 0.25) is 0 Å². The molecule has 7 heteroatoms. The quantitative estimate of drug-likeness (QED) is 0.828. The Hall–Kier alpha value is -2.70. The molecular weight excluding hydrogens is 318 g/mol. The monoisotopic (exact) mass is 341 g/mol. The lowest BCUT2D eigenvalue weighted by atomic mass is 10.2. The van der Waals surface area contributed by atoms with Crippen LogP contribution in [0.5, 0.6) is 0 Å². The number of carbonyl (C=O) groups is 2. The fourth-order valence-electron chi connectivity index (χ4n) is 3.14. The summed E-state index contributed by atoms with van der Waals surface area (Å²) in [4.78, 5) is 37.0. The molecule has 1 saturated heterocycles. The van der Waals surface area contributed by atoms with E-state index in [9.17, 15) is 9.59 Å². The molecule has 0 saturated carbocycles. The van der Waals surface area contributed by atoms with Crippen molar-refractivity contribution < 1.29 is 9.59 Å². The van der Waals surface area contributed by atoms with Gasteiger partial charge in [-0.05, 0) is 26.3 Å². The maximum atomic E-state index is 12.9. The van der Waals surface area contributed by atoms with Crippen molar-refractivity contribution in [3.05, 3.63) is 47.3 Å². The summed E-state index contributed by atoms with van der Waals surface area (Å²) in [5.41, 5.74) is 3.12. The van der Waals surface area contributed by atoms with Crippen molar-refractivity contribution in [1.82, 2.24) is 24.3 Å². The maximum absolute atomic E-state index is 12.9. The third kappa shape index (κ3) is 3.40. The summed E-state index contributed by atoms with van der Waals surface area (Å²) in [6.07, 6.45) is 5.29. The second kappa shape index (κ2) is 7.04. The summed E-state index contributed by atoms with van der Waals surface area (Å²) in [5.74, 6) is -0.0934. The van der Waals surface area contributed by atoms with Gasteiger partial charge in [0, 0.05) is 57.0 Å². The molecule has 7 nitrogen and oxygen atoms in total. The van der Waals surface area contributed by atoms with Gasteiger partial charge in [-0.1, -0.05) is 0 Å². The SMILES string of the molecule is Cc1cc(C(=O)N2CCCN(C(=O)c3cnccn3)CC2)c(C)n1C. The average Bonchev–Trinajstić information content (AvgIpc) is 2.83. The van der Waals surface area contributed by atoms with Gasteiger partial charge in [0.25, 0.3) is 11.8 Å². The first kappa shape index (κ1) is 17.1. The van der Waals surface area contributed by atoms with E-state index < -0.39 is 0 Å². The van der Waals surface area contributed by atoms with Gasteiger partial charge in [-0.25, -0.2) is 4.98 Å². The Balaban J connectivity index is 1.70. The zero-order valence-corrected chi connectivity index (χ0v) is 14.9. The first-order chi connectivity index (χ1) is 12.0. The van der Waals surface area contributed by atoms with E-state index in [0.717, 1.165) is 23.4 Å². The third-order valence-electron chi connectivity index (χ3n) is 4.86. The van der Waals surface area contributed by atoms with Crippen LogP contribution in [-0.4, -0.2) is 62.3 Å². The number of amides is 2. The molecule has 0 bridgehead atoms. The summed E-state index contributed by atoms with van der Waals surface area (Å²) in [5, 5.41) is 0. The predicted octanol–water partition coefficient (Wildman–Crippen LogP) is 1.42. The number of aryl methyl sites for hydroxylation is 1. The molecule has 0 aromatic carbocycles. The van der Waals surface area contributed by atoms with E-state index in [1.54, 1.807) is 11.1 Å². The number of rotatable bonds is 2. The van der Waals surface area contributed by atoms with Gasteiger partial charge in [0.1, 0.15) is 5.69 Å². The van der Waals surface area contributed by atoms with Crippen molar-refractivity contribution in [1.29, 1.82) is 0 Å². The van der Waals surface area contributed by atoms with Crippen LogP contribution in [-0.2, 0) is 7.05 Å². The zero-order valence-electron chi connectivity index (χ0n) is 14.9. The minimum Gasteiger partial charge on any atom is -0.351 e. The Labute approximate surface area is 147 Å². The van der Waals surface area contributed by atoms with Crippen LogP contribution in [0.4, 0.5) is 0 Å². The molecule has 0 unspecified atom stereocenters. The van der Waals surface area contributed by atoms with Gasteiger partial charge in [-0.3, -0.25) is 14.6 Å². The molecule has 0 radical (unpaired) electrons. The normalized spacial score (nSPS) is 15.2. The van der Waals surface area contributed by atoms with Gasteiger partial charge in [-0.15, -0.1) is 0 Å². The van der Waals surface area contributed by atoms with Crippen molar-refractivity contribution in [2.24, 2.45) is 7.05 Å². The number of hydrogen-bond donors (Lipinski definition) is 0. The molecule has 1 fully saturated rings. The maximum Gasteiger partial charge on any atom is 0.274 e. The highest BCUT2D eigenvalue weighted by atomic mass is 16.2. The van der Waals surface area contributed by atoms with Crippen molar-refractivity contribution in [2.75, 3.05) is 26.2 Å². The largest absolute Gasteiger partial charge is 0.351 e. The van der Waals surface area contributed by atoms with E-state index in [-0.39, 0.29) is 11.8 Å². The molecular formula is C18H23N5O2. The highest BCUT2D eigenvalue weighted by Gasteiger charge is 2.25. The Morgan fingerprint density at radius 3 is 2.24 bits per heavy atom. The van der Waals surface area contributed by atoms with Gasteiger partial charge >= 0.3 is 0 Å². The number of aromatic nitrogens is 3. The van der Waals surface area contributed by atoms with Crippen molar-refractivity contribution in [3.8, 4) is 0 Å². The molecule has 0 spiro atoms. The van der Waals surface area contributed by atoms with Gasteiger partial charge in [-0.2, -0.15) is 0 Å². The summed E-state index contributed by atoms with van der Waals surface area (Å²) in [6.45, 7) is 6.25. The number of nitrogens with zero attached hydrogens (tertiary/aromatic N) is 5. The molecule has 3 heterocycles. The Kier molecular flexibility index (Phi) is 4.83. The van der Waals surface area contributed by atoms with Crippen LogP contribution in [0.25, 0.3) is 0 Å². The lowest BCUT2D eigenvalue weighted by molar-refractivity contribution is 0.0715. The molecule has 132 valence electrons. The van der Waals surface area contributed by atoms with Crippen molar-refractivity contribution >= 4 is 11.8 Å². The summed E-state index contributed by atoms with van der Waals surface area (Å²) in [6, 6.07) is 1.94. The molecule has 2 aromatic rings. The van der Waals surface area contributed by atoms with Crippen LogP contribution in [0, 0.1) is 13.8 Å². The second-order valence-electron chi connectivity index (χ2n) is 6.37. The van der Waals surface area contributed by atoms with Crippen molar-refractivity contribution in [3.63, 3.8) is 0 Å². The summed E-state index contributed by atoms with van der Waals surface area (Å²) < 4.78 is 2.02. The molecule has 0 N–H and O–H groups in total. The second-order valence-corrected chi connectivity index (χ2v) is 6.37. The van der Waals surface area contributed by atoms with Gasteiger partial charge in [0.05, 0.1) is 11.8 Å². The van der Waals surface area contributed by atoms with Crippen LogP contribution in [0.15, 0.2) is 24.7 Å². The molecule has 0 atom stereocenters. The molecule has 0 aliphatic carbocycles. The minimum absolute atomic E-state index is 0.0370. The van der Waals surface area contributed by atoms with Crippen LogP contribution >= 0.6 is 0 Å². The predicted molar refractivity (Wildman–Crippen MR) is 93.3 cm³/mol. The Morgan fingerprint density at radius 1 is 1.00 bits per heavy atom. The van der Waals surface area contributed by atoms with E-state index in [4.69, 9.17) is 0 Å². The molecule has 2 amide bonds. The highest BCUT2D eigenvalue weighted by molar-refractivity contribution is 5.96. The number of hydrogen-bond acceptors (Lipinski definition) is 4. The van der Waals surface area contributed by atoms with Crippen LogP contribution in [0.1, 0.15) is 38.7 Å². The molecule has 3 rings (SSSR count). The topological polar surface area (TPSA) is 71.3 Å². The van der Waals surface area contributed by atoms with E-state index in [2.05, 4.69) is 9.97 Å². The highest BCUT2D eigenvalue weighted by Crippen LogP contribution is 2.17. The number of carbonyl (C=O) groups excluding carboxylic acids is 2. The van der Waals surface area contributed by atoms with Gasteiger partial charge in [0.15, 0.2) is 0 Å². The lowest BCUT2D eigenvalue weighted by Crippen LogP contribution is -2.37. The molecule has 2 aromatic heterocycles. The van der Waals surface area contributed by atoms with E-state index in [0.29, 0.717) is 31.9 Å². The minimum atomic E-state index is -0.130. The average molecular weight is 341 g/mol. The summed E-state index contributed by atoms with van der Waals surface area (Å²) in [7, 11) is 1.96. The van der Waals surface area contributed by atoms with Crippen LogP contribution < -0.4 is 0 Å². The molecule has 25 heavy (non-hydrogen) atoms. The van der Waals surface area contributed by atoms with Crippen LogP contribution in [0.2, 0.25) is 0 Å². The molecule has 1 aliphatic heterocycles. The third-order valence-corrected chi connectivity index (χ3v) is 4.86. The lowest BCUT2D eigenvalue weighted by Gasteiger charge is -2.22. The standard InChI is InChI=1S/C18H23N5O2/c1-13-11-15(14(2)21(13)3)17(24)22-7-4-8-23(10-9-22)18(25)16-12-19-5-6-20-16/h5-6,11-12H,4,7-10H2,1-3H3.